The Labute approximate surface area is 145 Å². The Hall–Kier alpha value is -1.92. The van der Waals surface area contributed by atoms with Gasteiger partial charge in [0.05, 0.1) is 12.8 Å². The van der Waals surface area contributed by atoms with Gasteiger partial charge >= 0.3 is 11.9 Å². The van der Waals surface area contributed by atoms with Crippen LogP contribution in [0.25, 0.3) is 10.1 Å². The van der Waals surface area contributed by atoms with Crippen molar-refractivity contribution in [2.45, 2.75) is 44.6 Å². The maximum absolute atomic E-state index is 9.64. The fourth-order valence-electron chi connectivity index (χ4n) is 3.00. The highest BCUT2D eigenvalue weighted by molar-refractivity contribution is 7.17. The summed E-state index contributed by atoms with van der Waals surface area (Å²) in [4.78, 5) is 19.3. The Bertz CT molecular complexity index is 683. The van der Waals surface area contributed by atoms with Gasteiger partial charge in [0.1, 0.15) is 0 Å². The Balaban J connectivity index is 0.000000224. The number of aliphatic carboxylic acids is 2. The van der Waals surface area contributed by atoms with E-state index in [1.54, 1.807) is 5.56 Å². The van der Waals surface area contributed by atoms with Crippen LogP contribution in [0.5, 0.6) is 0 Å². The number of rotatable bonds is 4. The van der Waals surface area contributed by atoms with E-state index in [0.717, 1.165) is 12.5 Å². The molecule has 2 heterocycles. The number of carboxylic acids is 2. The van der Waals surface area contributed by atoms with Crippen molar-refractivity contribution in [2.24, 2.45) is 0 Å². The van der Waals surface area contributed by atoms with Crippen LogP contribution in [0.15, 0.2) is 29.6 Å². The number of carbonyl (C=O) groups is 2. The van der Waals surface area contributed by atoms with Gasteiger partial charge in [0.15, 0.2) is 0 Å². The zero-order chi connectivity index (χ0) is 17.5. The standard InChI is InChI=1S/C14H17NS.C4H6O4/c1-10-9-11(5-7-15-10)12-3-2-4-14-13(12)6-8-16-14;5-3(6)1-2-4(7)8/h2-4,6,8,10-11,15H,5,7,9H2,1H3;1-2H2,(H,5,6)(H,7,8)/t10-,11+;/m0./s1. The lowest BCUT2D eigenvalue weighted by Gasteiger charge is -2.28. The summed E-state index contributed by atoms with van der Waals surface area (Å²) in [7, 11) is 0. The number of hydrogen-bond donors (Lipinski definition) is 3. The van der Waals surface area contributed by atoms with E-state index in [-0.39, 0.29) is 12.8 Å². The molecule has 1 saturated heterocycles. The van der Waals surface area contributed by atoms with Crippen molar-refractivity contribution in [1.29, 1.82) is 0 Å². The Morgan fingerprint density at radius 1 is 1.21 bits per heavy atom. The van der Waals surface area contributed by atoms with Gasteiger partial charge in [0, 0.05) is 10.7 Å². The van der Waals surface area contributed by atoms with Crippen LogP contribution in [0.1, 0.15) is 44.1 Å². The molecule has 1 fully saturated rings. The first-order valence-electron chi connectivity index (χ1n) is 8.10. The summed E-state index contributed by atoms with van der Waals surface area (Å²) in [6.07, 6.45) is 1.96. The topological polar surface area (TPSA) is 86.6 Å². The molecule has 2 aromatic rings. The molecular weight excluding hydrogens is 326 g/mol. The van der Waals surface area contributed by atoms with Crippen molar-refractivity contribution in [2.75, 3.05) is 6.54 Å². The first-order chi connectivity index (χ1) is 11.5. The van der Waals surface area contributed by atoms with E-state index in [4.69, 9.17) is 10.2 Å². The molecule has 6 heteroatoms. The van der Waals surface area contributed by atoms with Crippen LogP contribution < -0.4 is 5.32 Å². The highest BCUT2D eigenvalue weighted by Crippen LogP contribution is 2.34. The number of thiophene rings is 1. The molecule has 2 atom stereocenters. The van der Waals surface area contributed by atoms with Crippen LogP contribution in [0.2, 0.25) is 0 Å². The number of fused-ring (bicyclic) bond motifs is 1. The summed E-state index contributed by atoms with van der Waals surface area (Å²) in [6, 6.07) is 9.70. The third-order valence-corrected chi connectivity index (χ3v) is 5.03. The van der Waals surface area contributed by atoms with E-state index < -0.39 is 11.9 Å². The number of piperidine rings is 1. The van der Waals surface area contributed by atoms with Gasteiger partial charge in [-0.3, -0.25) is 9.59 Å². The van der Waals surface area contributed by atoms with E-state index in [1.807, 2.05) is 11.3 Å². The Morgan fingerprint density at radius 3 is 2.54 bits per heavy atom. The first-order valence-corrected chi connectivity index (χ1v) is 8.98. The molecule has 0 amide bonds. The normalized spacial score (nSPS) is 20.2. The fraction of sp³-hybridized carbons (Fsp3) is 0.444. The van der Waals surface area contributed by atoms with Gasteiger partial charge in [-0.2, -0.15) is 0 Å². The monoisotopic (exact) mass is 349 g/mol. The predicted molar refractivity (Wildman–Crippen MR) is 95.8 cm³/mol. The molecule has 0 bridgehead atoms. The molecular formula is C18H23NO4S. The lowest BCUT2D eigenvalue weighted by atomic mass is 9.85. The minimum Gasteiger partial charge on any atom is -0.481 e. The van der Waals surface area contributed by atoms with Crippen molar-refractivity contribution < 1.29 is 19.8 Å². The van der Waals surface area contributed by atoms with E-state index in [1.165, 1.54) is 22.9 Å². The second-order valence-corrected chi connectivity index (χ2v) is 6.99. The average Bonchev–Trinajstić information content (AvgIpc) is 3.02. The summed E-state index contributed by atoms with van der Waals surface area (Å²) >= 11 is 1.85. The summed E-state index contributed by atoms with van der Waals surface area (Å²) in [5, 5.41) is 23.0. The zero-order valence-electron chi connectivity index (χ0n) is 13.7. The summed E-state index contributed by atoms with van der Waals surface area (Å²) in [5.74, 6) is -1.41. The van der Waals surface area contributed by atoms with Crippen LogP contribution >= 0.6 is 11.3 Å². The summed E-state index contributed by atoms with van der Waals surface area (Å²) in [5.41, 5.74) is 1.56. The highest BCUT2D eigenvalue weighted by atomic mass is 32.1. The van der Waals surface area contributed by atoms with Gasteiger partial charge in [-0.1, -0.05) is 12.1 Å². The molecule has 0 unspecified atom stereocenters. The Morgan fingerprint density at radius 2 is 1.92 bits per heavy atom. The number of carboxylic acid groups (broad SMARTS) is 2. The van der Waals surface area contributed by atoms with Crippen LogP contribution in [0, 0.1) is 0 Å². The third-order valence-electron chi connectivity index (χ3n) is 4.15. The maximum atomic E-state index is 9.64. The van der Waals surface area contributed by atoms with Gasteiger partial charge in [-0.25, -0.2) is 0 Å². The van der Waals surface area contributed by atoms with Gasteiger partial charge in [-0.15, -0.1) is 11.3 Å². The van der Waals surface area contributed by atoms with Crippen molar-refractivity contribution >= 4 is 33.4 Å². The van der Waals surface area contributed by atoms with E-state index in [0.29, 0.717) is 6.04 Å². The SMILES string of the molecule is C[C@H]1C[C@H](c2cccc3sccc23)CCN1.O=C(O)CCC(=O)O. The molecule has 0 aliphatic carbocycles. The molecule has 3 rings (SSSR count). The number of nitrogens with one attached hydrogen (secondary N) is 1. The molecule has 5 nitrogen and oxygen atoms in total. The third kappa shape index (κ3) is 5.32. The molecule has 0 spiro atoms. The van der Waals surface area contributed by atoms with E-state index in [2.05, 4.69) is 41.9 Å². The highest BCUT2D eigenvalue weighted by Gasteiger charge is 2.21. The van der Waals surface area contributed by atoms with Crippen LogP contribution in [0.3, 0.4) is 0 Å². The molecule has 3 N–H and O–H groups in total. The lowest BCUT2D eigenvalue weighted by molar-refractivity contribution is -0.143. The first kappa shape index (κ1) is 18.4. The van der Waals surface area contributed by atoms with Crippen LogP contribution in [0.4, 0.5) is 0 Å². The molecule has 0 saturated carbocycles. The molecule has 1 aromatic carbocycles. The zero-order valence-corrected chi connectivity index (χ0v) is 14.5. The van der Waals surface area contributed by atoms with Gasteiger partial charge in [0.25, 0.3) is 0 Å². The molecule has 0 radical (unpaired) electrons. The van der Waals surface area contributed by atoms with Gasteiger partial charge in [0.2, 0.25) is 0 Å². The summed E-state index contributed by atoms with van der Waals surface area (Å²) in [6.45, 7) is 3.45. The number of hydrogen-bond acceptors (Lipinski definition) is 4. The quantitative estimate of drug-likeness (QED) is 0.783. The van der Waals surface area contributed by atoms with Gasteiger partial charge < -0.3 is 15.5 Å². The van der Waals surface area contributed by atoms with Crippen LogP contribution in [-0.2, 0) is 9.59 Å². The van der Waals surface area contributed by atoms with Crippen molar-refractivity contribution in [3.8, 4) is 0 Å². The molecule has 1 aliphatic heterocycles. The lowest BCUT2D eigenvalue weighted by Crippen LogP contribution is -2.34. The molecule has 130 valence electrons. The van der Waals surface area contributed by atoms with Crippen molar-refractivity contribution in [1.82, 2.24) is 5.32 Å². The van der Waals surface area contributed by atoms with Crippen molar-refractivity contribution in [3.63, 3.8) is 0 Å². The average molecular weight is 349 g/mol. The fourth-order valence-corrected chi connectivity index (χ4v) is 3.82. The largest absolute Gasteiger partial charge is 0.481 e. The minimum atomic E-state index is -1.08. The molecule has 24 heavy (non-hydrogen) atoms. The smallest absolute Gasteiger partial charge is 0.303 e. The second kappa shape index (κ2) is 8.80. The van der Waals surface area contributed by atoms with Crippen LogP contribution in [-0.4, -0.2) is 34.7 Å². The predicted octanol–water partition coefficient (Wildman–Crippen LogP) is 3.69. The Kier molecular flexibility index (Phi) is 6.75. The number of benzene rings is 1. The maximum Gasteiger partial charge on any atom is 0.303 e. The van der Waals surface area contributed by atoms with Crippen molar-refractivity contribution in [3.05, 3.63) is 35.2 Å². The second-order valence-electron chi connectivity index (χ2n) is 6.04. The van der Waals surface area contributed by atoms with Gasteiger partial charge in [-0.05, 0) is 60.7 Å². The summed E-state index contributed by atoms with van der Waals surface area (Å²) < 4.78 is 1.43. The van der Waals surface area contributed by atoms with E-state index >= 15 is 0 Å². The molecule has 1 aromatic heterocycles. The minimum absolute atomic E-state index is 0.296. The van der Waals surface area contributed by atoms with E-state index in [9.17, 15) is 9.59 Å². The molecule has 1 aliphatic rings.